The van der Waals surface area contributed by atoms with Gasteiger partial charge in [0.1, 0.15) is 5.75 Å². The quantitative estimate of drug-likeness (QED) is 0.914. The van der Waals surface area contributed by atoms with Crippen molar-refractivity contribution in [2.45, 2.75) is 0 Å². The topological polar surface area (TPSA) is 37.4 Å². The van der Waals surface area contributed by atoms with E-state index in [1.807, 2.05) is 18.2 Å². The van der Waals surface area contributed by atoms with E-state index < -0.39 is 0 Å². The molecule has 4 nitrogen and oxygen atoms in total. The van der Waals surface area contributed by atoms with E-state index in [0.29, 0.717) is 5.02 Å². The second-order valence-electron chi connectivity index (χ2n) is 4.57. The molecule has 0 spiro atoms. The molecule has 0 aliphatic carbocycles. The number of halogens is 1. The van der Waals surface area contributed by atoms with E-state index in [2.05, 4.69) is 15.2 Å². The number of nitrogens with zero attached hydrogens (tertiary/aromatic N) is 2. The molecule has 3 rings (SSSR count). The number of pyridine rings is 1. The highest BCUT2D eigenvalue weighted by Gasteiger charge is 2.17. The van der Waals surface area contributed by atoms with E-state index >= 15 is 0 Å². The molecule has 0 amide bonds. The van der Waals surface area contributed by atoms with Crippen molar-refractivity contribution in [1.29, 1.82) is 0 Å². The van der Waals surface area contributed by atoms with Gasteiger partial charge in [-0.25, -0.2) is 0 Å². The summed E-state index contributed by atoms with van der Waals surface area (Å²) in [6.45, 7) is 3.89. The van der Waals surface area contributed by atoms with Crippen LogP contribution in [0.1, 0.15) is 0 Å². The summed E-state index contributed by atoms with van der Waals surface area (Å²) in [5.74, 6) is 0.814. The van der Waals surface area contributed by atoms with Crippen LogP contribution < -0.4 is 15.0 Å². The van der Waals surface area contributed by atoms with Crippen LogP contribution in [0.3, 0.4) is 0 Å². The summed E-state index contributed by atoms with van der Waals surface area (Å²) in [6, 6.07) is 5.92. The molecule has 1 N–H and O–H groups in total. The molecular formula is C14H16ClN3O. The number of piperazine rings is 1. The lowest BCUT2D eigenvalue weighted by Gasteiger charge is -2.31. The van der Waals surface area contributed by atoms with Crippen LogP contribution in [0.4, 0.5) is 5.69 Å². The highest BCUT2D eigenvalue weighted by atomic mass is 35.5. The largest absolute Gasteiger partial charge is 0.497 e. The number of hydrogen-bond donors (Lipinski definition) is 1. The summed E-state index contributed by atoms with van der Waals surface area (Å²) in [5.41, 5.74) is 1.99. The fraction of sp³-hybridized carbons (Fsp3) is 0.357. The minimum atomic E-state index is 0.708. The van der Waals surface area contributed by atoms with Crippen LogP contribution in [0, 0.1) is 0 Å². The Morgan fingerprint density at radius 3 is 2.84 bits per heavy atom. The van der Waals surface area contributed by atoms with Crippen molar-refractivity contribution in [3.63, 3.8) is 0 Å². The molecule has 0 atom stereocenters. The third-order valence-electron chi connectivity index (χ3n) is 3.44. The second-order valence-corrected chi connectivity index (χ2v) is 4.98. The zero-order valence-electron chi connectivity index (χ0n) is 10.8. The predicted molar refractivity (Wildman–Crippen MR) is 78.4 cm³/mol. The molecule has 2 aromatic rings. The number of methoxy groups -OCH3 is 1. The standard InChI is InChI=1S/C14H16ClN3O/c1-19-10-2-3-11-13(8-10)17-9-12(15)14(11)18-6-4-16-5-7-18/h2-3,8-9,16H,4-7H2,1H3. The Hall–Kier alpha value is -1.52. The van der Waals surface area contributed by atoms with Gasteiger partial charge >= 0.3 is 0 Å². The Morgan fingerprint density at radius 1 is 1.32 bits per heavy atom. The van der Waals surface area contributed by atoms with E-state index in [4.69, 9.17) is 16.3 Å². The number of aromatic nitrogens is 1. The number of benzene rings is 1. The van der Waals surface area contributed by atoms with Crippen LogP contribution in [0.25, 0.3) is 10.9 Å². The van der Waals surface area contributed by atoms with Crippen LogP contribution in [0.2, 0.25) is 5.02 Å². The maximum absolute atomic E-state index is 6.35. The van der Waals surface area contributed by atoms with Gasteiger partial charge in [-0.05, 0) is 12.1 Å². The van der Waals surface area contributed by atoms with E-state index in [1.54, 1.807) is 13.3 Å². The van der Waals surface area contributed by atoms with Gasteiger partial charge in [0.05, 0.1) is 23.3 Å². The molecular weight excluding hydrogens is 262 g/mol. The lowest BCUT2D eigenvalue weighted by molar-refractivity contribution is 0.415. The molecule has 1 aromatic carbocycles. The zero-order valence-corrected chi connectivity index (χ0v) is 11.6. The lowest BCUT2D eigenvalue weighted by Crippen LogP contribution is -2.43. The molecule has 0 saturated carbocycles. The fourth-order valence-electron chi connectivity index (χ4n) is 2.47. The number of hydrogen-bond acceptors (Lipinski definition) is 4. The van der Waals surface area contributed by atoms with Gasteiger partial charge in [-0.15, -0.1) is 0 Å². The average Bonchev–Trinajstić information content (AvgIpc) is 2.47. The Labute approximate surface area is 117 Å². The Morgan fingerprint density at radius 2 is 2.11 bits per heavy atom. The molecule has 100 valence electrons. The minimum Gasteiger partial charge on any atom is -0.497 e. The molecule has 0 radical (unpaired) electrons. The Balaban J connectivity index is 2.13. The molecule has 19 heavy (non-hydrogen) atoms. The molecule has 1 aliphatic heterocycles. The first-order valence-corrected chi connectivity index (χ1v) is 6.75. The van der Waals surface area contributed by atoms with Crippen LogP contribution in [0.15, 0.2) is 24.4 Å². The zero-order chi connectivity index (χ0) is 13.2. The molecule has 1 saturated heterocycles. The van der Waals surface area contributed by atoms with Crippen molar-refractivity contribution in [2.75, 3.05) is 38.2 Å². The van der Waals surface area contributed by atoms with Crippen molar-refractivity contribution in [3.8, 4) is 5.75 Å². The first-order valence-electron chi connectivity index (χ1n) is 6.37. The van der Waals surface area contributed by atoms with Crippen LogP contribution in [-0.2, 0) is 0 Å². The third kappa shape index (κ3) is 2.33. The third-order valence-corrected chi connectivity index (χ3v) is 3.71. The van der Waals surface area contributed by atoms with E-state index in [-0.39, 0.29) is 0 Å². The molecule has 5 heteroatoms. The van der Waals surface area contributed by atoms with Gasteiger partial charge in [-0.1, -0.05) is 11.6 Å². The van der Waals surface area contributed by atoms with Gasteiger partial charge in [-0.2, -0.15) is 0 Å². The van der Waals surface area contributed by atoms with Crippen molar-refractivity contribution >= 4 is 28.2 Å². The number of nitrogens with one attached hydrogen (secondary N) is 1. The average molecular weight is 278 g/mol. The Kier molecular flexibility index (Phi) is 3.44. The summed E-state index contributed by atoms with van der Waals surface area (Å²) < 4.78 is 5.24. The van der Waals surface area contributed by atoms with Crippen LogP contribution in [0.5, 0.6) is 5.75 Å². The van der Waals surface area contributed by atoms with Crippen molar-refractivity contribution in [2.24, 2.45) is 0 Å². The highest BCUT2D eigenvalue weighted by molar-refractivity contribution is 6.34. The van der Waals surface area contributed by atoms with Gasteiger partial charge in [-0.3, -0.25) is 4.98 Å². The molecule has 1 aliphatic rings. The van der Waals surface area contributed by atoms with Gasteiger partial charge in [0.15, 0.2) is 0 Å². The van der Waals surface area contributed by atoms with Gasteiger partial charge < -0.3 is 15.0 Å². The fourth-order valence-corrected chi connectivity index (χ4v) is 2.74. The number of ether oxygens (including phenoxy) is 1. The first-order chi connectivity index (χ1) is 9.29. The van der Waals surface area contributed by atoms with E-state index in [9.17, 15) is 0 Å². The van der Waals surface area contributed by atoms with Crippen LogP contribution in [-0.4, -0.2) is 38.3 Å². The second kappa shape index (κ2) is 5.23. The number of anilines is 1. The van der Waals surface area contributed by atoms with Crippen LogP contribution >= 0.6 is 11.6 Å². The maximum Gasteiger partial charge on any atom is 0.121 e. The van der Waals surface area contributed by atoms with Crippen molar-refractivity contribution < 1.29 is 4.74 Å². The maximum atomic E-state index is 6.35. The summed E-state index contributed by atoms with van der Waals surface area (Å²) in [7, 11) is 1.66. The summed E-state index contributed by atoms with van der Waals surface area (Å²) >= 11 is 6.35. The van der Waals surface area contributed by atoms with Crippen molar-refractivity contribution in [3.05, 3.63) is 29.4 Å². The summed E-state index contributed by atoms with van der Waals surface area (Å²) in [6.07, 6.45) is 1.72. The molecule has 2 heterocycles. The summed E-state index contributed by atoms with van der Waals surface area (Å²) in [4.78, 5) is 6.71. The smallest absolute Gasteiger partial charge is 0.121 e. The predicted octanol–water partition coefficient (Wildman–Crippen LogP) is 2.31. The molecule has 1 aromatic heterocycles. The lowest BCUT2D eigenvalue weighted by atomic mass is 10.1. The number of fused-ring (bicyclic) bond motifs is 1. The Bertz CT molecular complexity index is 597. The molecule has 1 fully saturated rings. The van der Waals surface area contributed by atoms with E-state index in [1.165, 1.54) is 0 Å². The van der Waals surface area contributed by atoms with Gasteiger partial charge in [0, 0.05) is 43.8 Å². The van der Waals surface area contributed by atoms with Gasteiger partial charge in [0.25, 0.3) is 0 Å². The number of rotatable bonds is 2. The minimum absolute atomic E-state index is 0.708. The van der Waals surface area contributed by atoms with E-state index in [0.717, 1.165) is 48.5 Å². The first kappa shape index (κ1) is 12.5. The normalized spacial score (nSPS) is 15.8. The SMILES string of the molecule is COc1ccc2c(N3CCNCC3)c(Cl)cnc2c1. The molecule has 0 bridgehead atoms. The van der Waals surface area contributed by atoms with Gasteiger partial charge in [0.2, 0.25) is 0 Å². The molecule has 0 unspecified atom stereocenters. The summed E-state index contributed by atoms with van der Waals surface area (Å²) in [5, 5.41) is 5.14. The van der Waals surface area contributed by atoms with Crippen molar-refractivity contribution in [1.82, 2.24) is 10.3 Å². The highest BCUT2D eigenvalue weighted by Crippen LogP contribution is 2.34. The monoisotopic (exact) mass is 277 g/mol.